The number of ketones is 1. The molecule has 1 aliphatic rings. The monoisotopic (exact) mass is 182 g/mol. The average molecular weight is 182 g/mol. The molecule has 0 aliphatic heterocycles. The van der Waals surface area contributed by atoms with Crippen LogP contribution < -0.4 is 0 Å². The lowest BCUT2D eigenvalue weighted by molar-refractivity contribution is -0.114. The highest BCUT2D eigenvalue weighted by Crippen LogP contribution is 2.28. The first-order valence-corrected chi connectivity index (χ1v) is 8.16. The molecule has 0 aromatic heterocycles. The summed E-state index contributed by atoms with van der Waals surface area (Å²) in [4.78, 5) is 11.4. The van der Waals surface area contributed by atoms with Gasteiger partial charge in [0.25, 0.3) is 0 Å². The number of rotatable bonds is 1. The molecule has 0 radical (unpaired) electrons. The van der Waals surface area contributed by atoms with Gasteiger partial charge in [-0.15, -0.1) is 0 Å². The van der Waals surface area contributed by atoms with Crippen molar-refractivity contribution in [2.75, 3.05) is 0 Å². The highest BCUT2D eigenvalue weighted by Gasteiger charge is 2.25. The van der Waals surface area contributed by atoms with E-state index in [1.54, 1.807) is 0 Å². The van der Waals surface area contributed by atoms with Crippen molar-refractivity contribution in [3.63, 3.8) is 0 Å². The Labute approximate surface area is 75.9 Å². The van der Waals surface area contributed by atoms with Crippen molar-refractivity contribution in [3.8, 4) is 0 Å². The van der Waals surface area contributed by atoms with Crippen molar-refractivity contribution < 1.29 is 4.79 Å². The van der Waals surface area contributed by atoms with Crippen LogP contribution in [0.5, 0.6) is 0 Å². The predicted molar refractivity (Wildman–Crippen MR) is 54.9 cm³/mol. The second-order valence-corrected chi connectivity index (χ2v) is 9.88. The van der Waals surface area contributed by atoms with Crippen LogP contribution in [-0.4, -0.2) is 13.9 Å². The number of hydrogen-bond donors (Lipinski definition) is 0. The van der Waals surface area contributed by atoms with Gasteiger partial charge in [-0.2, -0.15) is 0 Å². The molecule has 0 aromatic carbocycles. The van der Waals surface area contributed by atoms with Gasteiger partial charge in [-0.3, -0.25) is 4.79 Å². The van der Waals surface area contributed by atoms with E-state index in [1.165, 1.54) is 5.20 Å². The van der Waals surface area contributed by atoms with Gasteiger partial charge >= 0.3 is 0 Å². The van der Waals surface area contributed by atoms with Crippen LogP contribution in [0, 0.1) is 0 Å². The molecule has 12 heavy (non-hydrogen) atoms. The zero-order valence-electron chi connectivity index (χ0n) is 8.53. The summed E-state index contributed by atoms with van der Waals surface area (Å²) in [6, 6.07) is 0. The van der Waals surface area contributed by atoms with Gasteiger partial charge in [-0.05, 0) is 25.3 Å². The maximum atomic E-state index is 11.4. The van der Waals surface area contributed by atoms with E-state index in [0.29, 0.717) is 5.78 Å². The lowest BCUT2D eigenvalue weighted by atomic mass is 10.2. The van der Waals surface area contributed by atoms with E-state index in [-0.39, 0.29) is 0 Å². The largest absolute Gasteiger partial charge is 0.295 e. The molecule has 0 N–H and O–H groups in total. The molecule has 0 aromatic rings. The van der Waals surface area contributed by atoms with Crippen LogP contribution in [0.4, 0.5) is 0 Å². The van der Waals surface area contributed by atoms with Crippen molar-refractivity contribution >= 4 is 13.9 Å². The molecule has 0 unspecified atom stereocenters. The number of Topliss-reactive ketones (excluding diaryl/α,β-unsaturated/α-hetero) is 1. The van der Waals surface area contributed by atoms with Crippen molar-refractivity contribution in [2.45, 2.75) is 45.8 Å². The van der Waals surface area contributed by atoms with Crippen LogP contribution in [0.1, 0.15) is 26.2 Å². The fourth-order valence-electron chi connectivity index (χ4n) is 1.57. The first kappa shape index (κ1) is 9.71. The molecule has 0 amide bonds. The third-order valence-corrected chi connectivity index (χ3v) is 5.30. The predicted octanol–water partition coefficient (Wildman–Crippen LogP) is 2.93. The van der Waals surface area contributed by atoms with Crippen LogP contribution in [0.3, 0.4) is 0 Å². The van der Waals surface area contributed by atoms with Crippen LogP contribution in [0.15, 0.2) is 10.8 Å². The molecule has 0 saturated heterocycles. The van der Waals surface area contributed by atoms with Gasteiger partial charge < -0.3 is 0 Å². The summed E-state index contributed by atoms with van der Waals surface area (Å²) in [5, 5.41) is 1.42. The highest BCUT2D eigenvalue weighted by molar-refractivity contribution is 6.83. The van der Waals surface area contributed by atoms with E-state index in [1.807, 2.05) is 0 Å². The summed E-state index contributed by atoms with van der Waals surface area (Å²) in [6.45, 7) is 9.08. The molecule has 1 rings (SSSR count). The summed E-state index contributed by atoms with van der Waals surface area (Å²) >= 11 is 0. The Morgan fingerprint density at radius 3 is 2.17 bits per heavy atom. The zero-order valence-corrected chi connectivity index (χ0v) is 9.53. The van der Waals surface area contributed by atoms with E-state index < -0.39 is 8.07 Å². The normalized spacial score (nSPS) is 23.2. The summed E-state index contributed by atoms with van der Waals surface area (Å²) in [7, 11) is -1.21. The van der Waals surface area contributed by atoms with Crippen molar-refractivity contribution in [1.82, 2.24) is 0 Å². The zero-order chi connectivity index (χ0) is 9.35. The second kappa shape index (κ2) is 3.17. The van der Waals surface area contributed by atoms with E-state index in [4.69, 9.17) is 0 Å². The van der Waals surface area contributed by atoms with Gasteiger partial charge in [0, 0.05) is 6.42 Å². The minimum absolute atomic E-state index is 0.412. The summed E-state index contributed by atoms with van der Waals surface area (Å²) in [5.74, 6) is 0.412. The van der Waals surface area contributed by atoms with Crippen molar-refractivity contribution in [1.29, 1.82) is 0 Å². The Bertz CT molecular complexity index is 233. The Morgan fingerprint density at radius 1 is 1.25 bits per heavy atom. The summed E-state index contributed by atoms with van der Waals surface area (Å²) in [6.07, 6.45) is 2.90. The number of hydrogen-bond acceptors (Lipinski definition) is 1. The van der Waals surface area contributed by atoms with Crippen molar-refractivity contribution in [2.24, 2.45) is 0 Å². The van der Waals surface area contributed by atoms with Crippen LogP contribution in [0.25, 0.3) is 0 Å². The lowest BCUT2D eigenvalue weighted by Crippen LogP contribution is -2.24. The minimum Gasteiger partial charge on any atom is -0.295 e. The van der Waals surface area contributed by atoms with E-state index >= 15 is 0 Å². The van der Waals surface area contributed by atoms with E-state index in [2.05, 4.69) is 26.6 Å². The lowest BCUT2D eigenvalue weighted by Gasteiger charge is -2.19. The molecule has 2 heteroatoms. The number of carbonyl (C=O) groups excluding carboxylic acids is 1. The van der Waals surface area contributed by atoms with Gasteiger partial charge in [0.15, 0.2) is 5.78 Å². The van der Waals surface area contributed by atoms with Gasteiger partial charge in [0.2, 0.25) is 0 Å². The smallest absolute Gasteiger partial charge is 0.158 e. The number of carbonyl (C=O) groups is 1. The standard InChI is InChI=1S/C10H18OSi/c1-8(12(2,3)4)9-6-5-7-10(9)11/h5-7H2,1-4H3/b9-8+. The average Bonchev–Trinajstić information content (AvgIpc) is 2.31. The molecule has 1 aliphatic carbocycles. The molecule has 0 spiro atoms. The first-order valence-electron chi connectivity index (χ1n) is 4.66. The molecule has 0 heterocycles. The van der Waals surface area contributed by atoms with Crippen LogP contribution in [-0.2, 0) is 4.79 Å². The SMILES string of the molecule is C/C(=C1/CCCC1=O)[Si](C)(C)C. The summed E-state index contributed by atoms with van der Waals surface area (Å²) < 4.78 is 0. The molecule has 68 valence electrons. The maximum absolute atomic E-state index is 11.4. The minimum atomic E-state index is -1.21. The molecule has 0 atom stereocenters. The third-order valence-electron chi connectivity index (χ3n) is 2.74. The molecule has 1 fully saturated rings. The molecular formula is C10H18OSi. The molecule has 1 nitrogen and oxygen atoms in total. The van der Waals surface area contributed by atoms with Crippen LogP contribution >= 0.6 is 0 Å². The quantitative estimate of drug-likeness (QED) is 0.450. The topological polar surface area (TPSA) is 17.1 Å². The Kier molecular flexibility index (Phi) is 2.57. The fourth-order valence-corrected chi connectivity index (χ4v) is 2.74. The highest BCUT2D eigenvalue weighted by atomic mass is 28.3. The maximum Gasteiger partial charge on any atom is 0.158 e. The van der Waals surface area contributed by atoms with E-state index in [0.717, 1.165) is 24.8 Å². The summed E-state index contributed by atoms with van der Waals surface area (Å²) in [5.41, 5.74) is 1.16. The van der Waals surface area contributed by atoms with Gasteiger partial charge in [0.05, 0.1) is 8.07 Å². The van der Waals surface area contributed by atoms with Crippen molar-refractivity contribution in [3.05, 3.63) is 10.8 Å². The Morgan fingerprint density at radius 2 is 1.83 bits per heavy atom. The fraction of sp³-hybridized carbons (Fsp3) is 0.700. The first-order chi connectivity index (χ1) is 5.43. The number of allylic oxidation sites excluding steroid dienone is 2. The van der Waals surface area contributed by atoms with Gasteiger partial charge in [-0.25, -0.2) is 0 Å². The molecule has 0 bridgehead atoms. The van der Waals surface area contributed by atoms with E-state index in [9.17, 15) is 4.79 Å². The molecular weight excluding hydrogens is 164 g/mol. The Hall–Kier alpha value is -0.373. The molecule has 1 saturated carbocycles. The van der Waals surface area contributed by atoms with Gasteiger partial charge in [-0.1, -0.05) is 24.8 Å². The second-order valence-electron chi connectivity index (χ2n) is 4.63. The van der Waals surface area contributed by atoms with Crippen LogP contribution in [0.2, 0.25) is 19.6 Å². The van der Waals surface area contributed by atoms with Gasteiger partial charge in [0.1, 0.15) is 0 Å². The third kappa shape index (κ3) is 1.86. The Balaban J connectivity index is 2.97.